The van der Waals surface area contributed by atoms with Crippen LogP contribution in [0.15, 0.2) is 35.4 Å². The van der Waals surface area contributed by atoms with Gasteiger partial charge in [-0.15, -0.1) is 0 Å². The molecule has 0 radical (unpaired) electrons. The number of carbonyl (C=O) groups excluding carboxylic acids is 1. The van der Waals surface area contributed by atoms with Crippen LogP contribution in [0.5, 0.6) is 0 Å². The molecule has 0 bridgehead atoms. The first-order valence-electron chi connectivity index (χ1n) is 9.81. The molecule has 0 N–H and O–H groups in total. The van der Waals surface area contributed by atoms with Crippen LogP contribution in [0.4, 0.5) is 0 Å². The van der Waals surface area contributed by atoms with Crippen LogP contribution in [0, 0.1) is 5.92 Å². The third-order valence-corrected chi connectivity index (χ3v) is 7.76. The van der Waals surface area contributed by atoms with E-state index < -0.39 is 10.0 Å². The van der Waals surface area contributed by atoms with E-state index in [1.165, 1.54) is 10.7 Å². The summed E-state index contributed by atoms with van der Waals surface area (Å²) in [4.78, 5) is 15.1. The fourth-order valence-corrected chi connectivity index (χ4v) is 5.86. The molecule has 0 unspecified atom stereocenters. The smallest absolute Gasteiger partial charge is 0.243 e. The molecule has 2 aromatic rings. The molecule has 0 aliphatic carbocycles. The second kappa shape index (κ2) is 7.28. The zero-order valence-electron chi connectivity index (χ0n) is 15.8. The summed E-state index contributed by atoms with van der Waals surface area (Å²) in [6.45, 7) is 2.41. The van der Waals surface area contributed by atoms with Crippen LogP contribution in [-0.4, -0.2) is 54.3 Å². The van der Waals surface area contributed by atoms with Crippen molar-refractivity contribution < 1.29 is 13.2 Å². The summed E-state index contributed by atoms with van der Waals surface area (Å²) in [6, 6.07) is 7.18. The van der Waals surface area contributed by atoms with E-state index in [0.717, 1.165) is 49.7 Å². The summed E-state index contributed by atoms with van der Waals surface area (Å²) in [5.74, 6) is -0.0832. The molecule has 27 heavy (non-hydrogen) atoms. The van der Waals surface area contributed by atoms with Crippen molar-refractivity contribution in [3.05, 3.63) is 30.5 Å². The summed E-state index contributed by atoms with van der Waals surface area (Å²) >= 11 is 0. The number of sulfonamides is 1. The third-order valence-electron chi connectivity index (χ3n) is 5.90. The maximum absolute atomic E-state index is 13.2. The number of aryl methyl sites for hydroxylation is 1. The standard InChI is InChI=1S/C20H27N3O3S/c1-21-13-9-16-14-18(7-8-19(16)21)27(25,26)23-12-5-6-17(15-23)20(24)22-10-3-2-4-11-22/h7-9,13-14,17H,2-6,10-12,15H2,1H3/t17-/m1/s1. The highest BCUT2D eigenvalue weighted by atomic mass is 32.2. The molecule has 2 fully saturated rings. The number of nitrogens with zero attached hydrogens (tertiary/aromatic N) is 3. The maximum Gasteiger partial charge on any atom is 0.243 e. The number of amides is 1. The van der Waals surface area contributed by atoms with Gasteiger partial charge < -0.3 is 9.47 Å². The Morgan fingerprint density at radius 2 is 1.81 bits per heavy atom. The molecule has 146 valence electrons. The minimum absolute atomic E-state index is 0.133. The number of hydrogen-bond acceptors (Lipinski definition) is 3. The van der Waals surface area contributed by atoms with Crippen molar-refractivity contribution in [1.29, 1.82) is 0 Å². The summed E-state index contributed by atoms with van der Waals surface area (Å²) < 4.78 is 29.8. The SMILES string of the molecule is Cn1ccc2cc(S(=O)(=O)N3CCC[C@@H](C(=O)N4CCCCC4)C3)ccc21. The largest absolute Gasteiger partial charge is 0.351 e. The molecule has 7 heteroatoms. The van der Waals surface area contributed by atoms with Gasteiger partial charge in [-0.05, 0) is 56.4 Å². The fourth-order valence-electron chi connectivity index (χ4n) is 4.30. The molecule has 2 saturated heterocycles. The molecule has 1 atom stereocenters. The minimum Gasteiger partial charge on any atom is -0.351 e. The van der Waals surface area contributed by atoms with Crippen molar-refractivity contribution in [3.8, 4) is 0 Å². The lowest BCUT2D eigenvalue weighted by atomic mass is 9.97. The summed E-state index contributed by atoms with van der Waals surface area (Å²) in [6.07, 6.45) is 6.72. The third kappa shape index (κ3) is 3.50. The predicted octanol–water partition coefficient (Wildman–Crippen LogP) is 2.59. The van der Waals surface area contributed by atoms with Crippen molar-refractivity contribution in [2.75, 3.05) is 26.2 Å². The highest BCUT2D eigenvalue weighted by Gasteiger charge is 2.35. The second-order valence-electron chi connectivity index (χ2n) is 7.74. The molecule has 0 spiro atoms. The van der Waals surface area contributed by atoms with Crippen molar-refractivity contribution in [1.82, 2.24) is 13.8 Å². The Bertz CT molecular complexity index is 945. The van der Waals surface area contributed by atoms with Gasteiger partial charge in [0.2, 0.25) is 15.9 Å². The van der Waals surface area contributed by atoms with E-state index in [1.807, 2.05) is 34.8 Å². The topological polar surface area (TPSA) is 62.6 Å². The molecule has 1 amide bonds. The number of fused-ring (bicyclic) bond motifs is 1. The first-order valence-corrected chi connectivity index (χ1v) is 11.2. The van der Waals surface area contributed by atoms with Gasteiger partial charge >= 0.3 is 0 Å². The number of piperidine rings is 2. The van der Waals surface area contributed by atoms with E-state index in [-0.39, 0.29) is 11.8 Å². The Morgan fingerprint density at radius 1 is 1.04 bits per heavy atom. The molecule has 3 heterocycles. The molecule has 2 aliphatic heterocycles. The number of benzene rings is 1. The molecular formula is C20H27N3O3S. The average molecular weight is 390 g/mol. The van der Waals surface area contributed by atoms with Crippen molar-refractivity contribution >= 4 is 26.8 Å². The van der Waals surface area contributed by atoms with Gasteiger partial charge in [-0.2, -0.15) is 4.31 Å². The first-order chi connectivity index (χ1) is 13.0. The zero-order chi connectivity index (χ0) is 19.0. The zero-order valence-corrected chi connectivity index (χ0v) is 16.6. The molecule has 4 rings (SSSR count). The summed E-state index contributed by atoms with van der Waals surface area (Å²) in [5.41, 5.74) is 1.01. The lowest BCUT2D eigenvalue weighted by molar-refractivity contribution is -0.137. The van der Waals surface area contributed by atoms with Gasteiger partial charge in [-0.25, -0.2) is 8.42 Å². The molecule has 1 aromatic heterocycles. The Hall–Kier alpha value is -1.86. The normalized spacial score (nSPS) is 22.3. The van der Waals surface area contributed by atoms with Gasteiger partial charge in [0.15, 0.2) is 0 Å². The van der Waals surface area contributed by atoms with Gasteiger partial charge in [-0.3, -0.25) is 4.79 Å². The Kier molecular flexibility index (Phi) is 4.99. The van der Waals surface area contributed by atoms with Crippen LogP contribution in [0.2, 0.25) is 0 Å². The Labute approximate surface area is 160 Å². The van der Waals surface area contributed by atoms with Crippen LogP contribution < -0.4 is 0 Å². The molecule has 1 aromatic carbocycles. The van der Waals surface area contributed by atoms with E-state index in [1.54, 1.807) is 12.1 Å². The van der Waals surface area contributed by atoms with Gasteiger partial charge in [-0.1, -0.05) is 0 Å². The van der Waals surface area contributed by atoms with Crippen molar-refractivity contribution in [2.24, 2.45) is 13.0 Å². The number of rotatable bonds is 3. The van der Waals surface area contributed by atoms with Crippen molar-refractivity contribution in [2.45, 2.75) is 37.0 Å². The van der Waals surface area contributed by atoms with Crippen LogP contribution in [0.1, 0.15) is 32.1 Å². The van der Waals surface area contributed by atoms with Crippen LogP contribution in [0.25, 0.3) is 10.9 Å². The molecule has 6 nitrogen and oxygen atoms in total. The fraction of sp³-hybridized carbons (Fsp3) is 0.550. The maximum atomic E-state index is 13.2. The highest BCUT2D eigenvalue weighted by molar-refractivity contribution is 7.89. The van der Waals surface area contributed by atoms with Crippen molar-refractivity contribution in [3.63, 3.8) is 0 Å². The number of hydrogen-bond donors (Lipinski definition) is 0. The lowest BCUT2D eigenvalue weighted by Gasteiger charge is -2.35. The summed E-state index contributed by atoms with van der Waals surface area (Å²) in [7, 11) is -1.65. The molecular weight excluding hydrogens is 362 g/mol. The Morgan fingerprint density at radius 3 is 2.59 bits per heavy atom. The van der Waals surface area contributed by atoms with Gasteiger partial charge in [0.25, 0.3) is 0 Å². The van der Waals surface area contributed by atoms with E-state index in [9.17, 15) is 13.2 Å². The quantitative estimate of drug-likeness (QED) is 0.811. The monoisotopic (exact) mass is 389 g/mol. The number of aromatic nitrogens is 1. The van der Waals surface area contributed by atoms with E-state index in [2.05, 4.69) is 0 Å². The highest BCUT2D eigenvalue weighted by Crippen LogP contribution is 2.28. The van der Waals surface area contributed by atoms with E-state index in [0.29, 0.717) is 18.0 Å². The first kappa shape index (κ1) is 18.5. The van der Waals surface area contributed by atoms with E-state index >= 15 is 0 Å². The van der Waals surface area contributed by atoms with E-state index in [4.69, 9.17) is 0 Å². The van der Waals surface area contributed by atoms with Crippen LogP contribution in [-0.2, 0) is 21.9 Å². The number of carbonyl (C=O) groups is 1. The summed E-state index contributed by atoms with van der Waals surface area (Å²) in [5, 5.41) is 0.913. The average Bonchev–Trinajstić information content (AvgIpc) is 3.08. The van der Waals surface area contributed by atoms with Gasteiger partial charge in [0.1, 0.15) is 0 Å². The minimum atomic E-state index is -3.59. The predicted molar refractivity (Wildman–Crippen MR) is 105 cm³/mol. The molecule has 2 aliphatic rings. The van der Waals surface area contributed by atoms with Crippen LogP contribution >= 0.6 is 0 Å². The lowest BCUT2D eigenvalue weighted by Crippen LogP contribution is -2.47. The number of likely N-dealkylation sites (tertiary alicyclic amines) is 1. The Balaban J connectivity index is 1.54. The van der Waals surface area contributed by atoms with Crippen LogP contribution in [0.3, 0.4) is 0 Å². The van der Waals surface area contributed by atoms with Gasteiger partial charge in [0.05, 0.1) is 10.8 Å². The van der Waals surface area contributed by atoms with Gasteiger partial charge in [0, 0.05) is 50.3 Å². The molecule has 0 saturated carbocycles. The second-order valence-corrected chi connectivity index (χ2v) is 9.67.